The summed E-state index contributed by atoms with van der Waals surface area (Å²) in [5.74, 6) is 1.13. The molecule has 1 heterocycles. The predicted octanol–water partition coefficient (Wildman–Crippen LogP) is 2.20. The maximum absolute atomic E-state index is 11.6. The van der Waals surface area contributed by atoms with E-state index in [4.69, 9.17) is 4.74 Å². The summed E-state index contributed by atoms with van der Waals surface area (Å²) in [7, 11) is 0. The highest BCUT2D eigenvalue weighted by atomic mass is 16.5. The molecule has 4 heteroatoms. The number of nitrogens with one attached hydrogen (secondary N) is 2. The van der Waals surface area contributed by atoms with Gasteiger partial charge in [-0.15, -0.1) is 0 Å². The third kappa shape index (κ3) is 4.16. The van der Waals surface area contributed by atoms with Crippen LogP contribution in [0.15, 0.2) is 18.2 Å². The summed E-state index contributed by atoms with van der Waals surface area (Å²) in [4.78, 5) is 11.6. The molecule has 0 bridgehead atoms. The van der Waals surface area contributed by atoms with E-state index in [1.807, 2.05) is 12.1 Å². The van der Waals surface area contributed by atoms with Crippen LogP contribution in [0.5, 0.6) is 5.75 Å². The summed E-state index contributed by atoms with van der Waals surface area (Å²) in [5.41, 5.74) is 2.45. The number of hydrogen-bond acceptors (Lipinski definition) is 3. The van der Waals surface area contributed by atoms with Crippen molar-refractivity contribution < 1.29 is 9.53 Å². The van der Waals surface area contributed by atoms with Crippen LogP contribution in [-0.4, -0.2) is 25.6 Å². The SMILES string of the molecule is CC(C)CNC(=O)COc1ccc2c(c1)NCCC2. The Hall–Kier alpha value is -1.71. The van der Waals surface area contributed by atoms with Gasteiger partial charge in [0, 0.05) is 24.8 Å². The highest BCUT2D eigenvalue weighted by Crippen LogP contribution is 2.26. The lowest BCUT2D eigenvalue weighted by Gasteiger charge is -2.18. The second-order valence-electron chi connectivity index (χ2n) is 5.34. The number of fused-ring (bicyclic) bond motifs is 1. The summed E-state index contributed by atoms with van der Waals surface area (Å²) in [5, 5.41) is 6.19. The second-order valence-corrected chi connectivity index (χ2v) is 5.34. The Labute approximate surface area is 114 Å². The van der Waals surface area contributed by atoms with Crippen molar-refractivity contribution in [1.29, 1.82) is 0 Å². The number of hydrogen-bond donors (Lipinski definition) is 2. The highest BCUT2D eigenvalue weighted by molar-refractivity contribution is 5.77. The molecule has 0 fully saturated rings. The number of rotatable bonds is 5. The van der Waals surface area contributed by atoms with Crippen LogP contribution >= 0.6 is 0 Å². The van der Waals surface area contributed by atoms with Crippen molar-refractivity contribution in [2.45, 2.75) is 26.7 Å². The van der Waals surface area contributed by atoms with Gasteiger partial charge in [0.25, 0.3) is 5.91 Å². The van der Waals surface area contributed by atoms with Gasteiger partial charge in [0.05, 0.1) is 0 Å². The van der Waals surface area contributed by atoms with E-state index in [0.717, 1.165) is 24.4 Å². The molecule has 0 unspecified atom stereocenters. The first kappa shape index (κ1) is 13.7. The molecule has 1 aromatic rings. The van der Waals surface area contributed by atoms with E-state index in [-0.39, 0.29) is 12.5 Å². The number of carbonyl (C=O) groups excluding carboxylic acids is 1. The molecule has 0 saturated carbocycles. The number of carbonyl (C=O) groups is 1. The summed E-state index contributed by atoms with van der Waals surface area (Å²) < 4.78 is 5.51. The Balaban J connectivity index is 1.84. The predicted molar refractivity (Wildman–Crippen MR) is 76.6 cm³/mol. The molecule has 1 aromatic carbocycles. The highest BCUT2D eigenvalue weighted by Gasteiger charge is 2.10. The molecule has 1 aliphatic heterocycles. The third-order valence-corrected chi connectivity index (χ3v) is 3.10. The Morgan fingerprint density at radius 3 is 3.11 bits per heavy atom. The van der Waals surface area contributed by atoms with Crippen LogP contribution in [0.3, 0.4) is 0 Å². The minimum absolute atomic E-state index is 0.0700. The van der Waals surface area contributed by atoms with Crippen molar-refractivity contribution in [3.05, 3.63) is 23.8 Å². The molecule has 0 radical (unpaired) electrons. The van der Waals surface area contributed by atoms with Crippen molar-refractivity contribution in [1.82, 2.24) is 5.32 Å². The van der Waals surface area contributed by atoms with Crippen molar-refractivity contribution in [2.75, 3.05) is 25.0 Å². The molecule has 0 saturated heterocycles. The Bertz CT molecular complexity index is 444. The summed E-state index contributed by atoms with van der Waals surface area (Å²) in [6.45, 7) is 5.90. The van der Waals surface area contributed by atoms with Crippen LogP contribution in [-0.2, 0) is 11.2 Å². The monoisotopic (exact) mass is 262 g/mol. The van der Waals surface area contributed by atoms with E-state index in [9.17, 15) is 4.79 Å². The van der Waals surface area contributed by atoms with E-state index >= 15 is 0 Å². The van der Waals surface area contributed by atoms with Crippen LogP contribution in [0.1, 0.15) is 25.8 Å². The Morgan fingerprint density at radius 2 is 2.32 bits per heavy atom. The fraction of sp³-hybridized carbons (Fsp3) is 0.533. The topological polar surface area (TPSA) is 50.4 Å². The van der Waals surface area contributed by atoms with E-state index in [2.05, 4.69) is 30.5 Å². The zero-order valence-electron chi connectivity index (χ0n) is 11.7. The van der Waals surface area contributed by atoms with Gasteiger partial charge in [0.1, 0.15) is 5.75 Å². The maximum atomic E-state index is 11.6. The fourth-order valence-electron chi connectivity index (χ4n) is 2.05. The Kier molecular flexibility index (Phi) is 4.66. The summed E-state index contributed by atoms with van der Waals surface area (Å²) >= 11 is 0. The molecule has 4 nitrogen and oxygen atoms in total. The van der Waals surface area contributed by atoms with Crippen LogP contribution in [0.25, 0.3) is 0 Å². The van der Waals surface area contributed by atoms with Gasteiger partial charge in [0.15, 0.2) is 6.61 Å². The molecule has 0 aromatic heterocycles. The van der Waals surface area contributed by atoms with Gasteiger partial charge in [-0.1, -0.05) is 19.9 Å². The van der Waals surface area contributed by atoms with Gasteiger partial charge in [-0.2, -0.15) is 0 Å². The van der Waals surface area contributed by atoms with E-state index in [1.54, 1.807) is 0 Å². The quantitative estimate of drug-likeness (QED) is 0.855. The molecule has 2 rings (SSSR count). The van der Waals surface area contributed by atoms with Crippen LogP contribution < -0.4 is 15.4 Å². The zero-order chi connectivity index (χ0) is 13.7. The first-order chi connectivity index (χ1) is 9.15. The number of aryl methyl sites for hydroxylation is 1. The van der Waals surface area contributed by atoms with Gasteiger partial charge < -0.3 is 15.4 Å². The molecular formula is C15H22N2O2. The van der Waals surface area contributed by atoms with Crippen molar-refractivity contribution >= 4 is 11.6 Å². The summed E-state index contributed by atoms with van der Waals surface area (Å²) in [6.07, 6.45) is 2.28. The maximum Gasteiger partial charge on any atom is 0.257 e. The van der Waals surface area contributed by atoms with Crippen LogP contribution in [0.2, 0.25) is 0 Å². The van der Waals surface area contributed by atoms with Crippen LogP contribution in [0.4, 0.5) is 5.69 Å². The van der Waals surface area contributed by atoms with Gasteiger partial charge >= 0.3 is 0 Å². The molecular weight excluding hydrogens is 240 g/mol. The standard InChI is InChI=1S/C15H22N2O2/c1-11(2)9-17-15(18)10-19-13-6-5-12-4-3-7-16-14(12)8-13/h5-6,8,11,16H,3-4,7,9-10H2,1-2H3,(H,17,18). The van der Waals surface area contributed by atoms with E-state index in [0.29, 0.717) is 12.5 Å². The van der Waals surface area contributed by atoms with E-state index < -0.39 is 0 Å². The molecule has 1 aliphatic rings. The number of ether oxygens (including phenoxy) is 1. The molecule has 19 heavy (non-hydrogen) atoms. The number of amides is 1. The first-order valence-corrected chi connectivity index (χ1v) is 6.91. The third-order valence-electron chi connectivity index (χ3n) is 3.10. The number of benzene rings is 1. The Morgan fingerprint density at radius 1 is 1.47 bits per heavy atom. The first-order valence-electron chi connectivity index (χ1n) is 6.91. The lowest BCUT2D eigenvalue weighted by molar-refractivity contribution is -0.123. The number of anilines is 1. The van der Waals surface area contributed by atoms with Gasteiger partial charge in [-0.05, 0) is 30.4 Å². The van der Waals surface area contributed by atoms with Gasteiger partial charge in [0.2, 0.25) is 0 Å². The zero-order valence-corrected chi connectivity index (χ0v) is 11.7. The minimum atomic E-state index is -0.0700. The second kappa shape index (κ2) is 6.45. The van der Waals surface area contributed by atoms with Gasteiger partial charge in [-0.3, -0.25) is 4.79 Å². The molecule has 0 atom stereocenters. The smallest absolute Gasteiger partial charge is 0.257 e. The molecule has 2 N–H and O–H groups in total. The van der Waals surface area contributed by atoms with Crippen molar-refractivity contribution in [2.24, 2.45) is 5.92 Å². The molecule has 0 spiro atoms. The van der Waals surface area contributed by atoms with Gasteiger partial charge in [-0.25, -0.2) is 0 Å². The molecule has 0 aliphatic carbocycles. The average molecular weight is 262 g/mol. The summed E-state index contributed by atoms with van der Waals surface area (Å²) in [6, 6.07) is 5.98. The fourth-order valence-corrected chi connectivity index (χ4v) is 2.05. The molecule has 104 valence electrons. The van der Waals surface area contributed by atoms with Crippen molar-refractivity contribution in [3.8, 4) is 5.75 Å². The van der Waals surface area contributed by atoms with Crippen molar-refractivity contribution in [3.63, 3.8) is 0 Å². The molecule has 1 amide bonds. The lowest BCUT2D eigenvalue weighted by Crippen LogP contribution is -2.31. The largest absolute Gasteiger partial charge is 0.484 e. The van der Waals surface area contributed by atoms with Crippen LogP contribution in [0, 0.1) is 5.92 Å². The van der Waals surface area contributed by atoms with E-state index in [1.165, 1.54) is 12.0 Å². The minimum Gasteiger partial charge on any atom is -0.484 e. The normalized spacial score (nSPS) is 13.6. The lowest BCUT2D eigenvalue weighted by atomic mass is 10.0. The average Bonchev–Trinajstić information content (AvgIpc) is 2.42.